The Bertz CT molecular complexity index is 469. The molecular formula is C13H18N2O4. The highest BCUT2D eigenvalue weighted by atomic mass is 16.4. The lowest BCUT2D eigenvalue weighted by Gasteiger charge is -2.20. The molecule has 1 aromatic heterocycles. The minimum atomic E-state index is -1.04. The second kappa shape index (κ2) is 5.88. The fraction of sp³-hybridized carbons (Fsp3) is 0.538. The summed E-state index contributed by atoms with van der Waals surface area (Å²) in [5.74, 6) is -0.941. The van der Waals surface area contributed by atoms with Gasteiger partial charge in [0.25, 0.3) is 0 Å². The third-order valence-electron chi connectivity index (χ3n) is 3.37. The summed E-state index contributed by atoms with van der Waals surface area (Å²) in [5, 5.41) is 8.99. The van der Waals surface area contributed by atoms with E-state index in [2.05, 4.69) is 4.90 Å². The second-order valence-corrected chi connectivity index (χ2v) is 4.72. The van der Waals surface area contributed by atoms with Gasteiger partial charge in [-0.1, -0.05) is 0 Å². The summed E-state index contributed by atoms with van der Waals surface area (Å²) in [6.07, 6.45) is 2.30. The Labute approximate surface area is 111 Å². The number of hydrogen-bond donors (Lipinski definition) is 1. The van der Waals surface area contributed by atoms with E-state index in [0.717, 1.165) is 26.1 Å². The van der Waals surface area contributed by atoms with Gasteiger partial charge in [0.05, 0.1) is 6.26 Å². The lowest BCUT2D eigenvalue weighted by atomic mass is 10.2. The Balaban J connectivity index is 1.98. The number of hydrogen-bond acceptors (Lipinski definition) is 4. The monoisotopic (exact) mass is 266 g/mol. The molecule has 1 fully saturated rings. The van der Waals surface area contributed by atoms with Crippen molar-refractivity contribution in [3.63, 3.8) is 0 Å². The summed E-state index contributed by atoms with van der Waals surface area (Å²) in [6.45, 7) is 5.19. The van der Waals surface area contributed by atoms with Gasteiger partial charge in [-0.2, -0.15) is 0 Å². The molecule has 2 rings (SSSR count). The number of rotatable bonds is 3. The topological polar surface area (TPSA) is 74.0 Å². The molecule has 1 amide bonds. The molecule has 0 atom stereocenters. The van der Waals surface area contributed by atoms with Crippen LogP contribution in [0.1, 0.15) is 29.5 Å². The third-order valence-corrected chi connectivity index (χ3v) is 3.37. The standard InChI is InChI=1S/C13H18N2O4/c1-10(16)15-5-2-4-14(6-7-15)9-11-3-8-19-12(11)13(17)18/h3,8H,2,4-7,9H2,1H3,(H,17,18). The van der Waals surface area contributed by atoms with Gasteiger partial charge in [0.1, 0.15) is 0 Å². The zero-order chi connectivity index (χ0) is 13.8. The van der Waals surface area contributed by atoms with Crippen LogP contribution in [0.3, 0.4) is 0 Å². The van der Waals surface area contributed by atoms with Crippen LogP contribution in [0.4, 0.5) is 0 Å². The van der Waals surface area contributed by atoms with Crippen LogP contribution in [-0.2, 0) is 11.3 Å². The fourth-order valence-electron chi connectivity index (χ4n) is 2.33. The quantitative estimate of drug-likeness (QED) is 0.884. The van der Waals surface area contributed by atoms with Gasteiger partial charge in [0, 0.05) is 45.2 Å². The van der Waals surface area contributed by atoms with Crippen molar-refractivity contribution in [2.75, 3.05) is 26.2 Å². The van der Waals surface area contributed by atoms with Crippen LogP contribution >= 0.6 is 0 Å². The first-order valence-electron chi connectivity index (χ1n) is 6.35. The Kier molecular flexibility index (Phi) is 4.21. The molecule has 0 unspecified atom stereocenters. The number of nitrogens with zero attached hydrogens (tertiary/aromatic N) is 2. The van der Waals surface area contributed by atoms with E-state index in [1.807, 2.05) is 4.90 Å². The van der Waals surface area contributed by atoms with Crippen molar-refractivity contribution in [3.8, 4) is 0 Å². The van der Waals surface area contributed by atoms with E-state index >= 15 is 0 Å². The SMILES string of the molecule is CC(=O)N1CCCN(Cc2ccoc2C(=O)O)CC1. The molecule has 6 heteroatoms. The van der Waals surface area contributed by atoms with E-state index < -0.39 is 5.97 Å². The van der Waals surface area contributed by atoms with Crippen LogP contribution in [0.2, 0.25) is 0 Å². The maximum absolute atomic E-state index is 11.3. The van der Waals surface area contributed by atoms with Gasteiger partial charge in [-0.05, 0) is 12.5 Å². The fourth-order valence-corrected chi connectivity index (χ4v) is 2.33. The first kappa shape index (κ1) is 13.6. The maximum Gasteiger partial charge on any atom is 0.372 e. The van der Waals surface area contributed by atoms with Gasteiger partial charge < -0.3 is 14.4 Å². The third kappa shape index (κ3) is 3.35. The van der Waals surface area contributed by atoms with Crippen molar-refractivity contribution in [3.05, 3.63) is 23.7 Å². The predicted octanol–water partition coefficient (Wildman–Crippen LogP) is 1.03. The van der Waals surface area contributed by atoms with Crippen molar-refractivity contribution in [2.45, 2.75) is 19.9 Å². The van der Waals surface area contributed by atoms with Gasteiger partial charge in [-0.25, -0.2) is 4.79 Å². The smallest absolute Gasteiger partial charge is 0.372 e. The van der Waals surface area contributed by atoms with E-state index in [-0.39, 0.29) is 11.7 Å². The molecule has 6 nitrogen and oxygen atoms in total. The molecule has 0 spiro atoms. The van der Waals surface area contributed by atoms with Gasteiger partial charge in [0.2, 0.25) is 11.7 Å². The number of aromatic carboxylic acids is 1. The van der Waals surface area contributed by atoms with Crippen LogP contribution in [0.15, 0.2) is 16.7 Å². The number of carbonyl (C=O) groups excluding carboxylic acids is 1. The second-order valence-electron chi connectivity index (χ2n) is 4.72. The van der Waals surface area contributed by atoms with Gasteiger partial charge in [-0.3, -0.25) is 9.69 Å². The number of carboxylic acids is 1. The van der Waals surface area contributed by atoms with E-state index in [1.165, 1.54) is 6.26 Å². The highest BCUT2D eigenvalue weighted by Gasteiger charge is 2.20. The zero-order valence-electron chi connectivity index (χ0n) is 11.0. The number of furan rings is 1. The maximum atomic E-state index is 11.3. The van der Waals surface area contributed by atoms with Crippen molar-refractivity contribution >= 4 is 11.9 Å². The summed E-state index contributed by atoms with van der Waals surface area (Å²) in [6, 6.07) is 1.69. The summed E-state index contributed by atoms with van der Waals surface area (Å²) >= 11 is 0. The van der Waals surface area contributed by atoms with E-state index in [4.69, 9.17) is 9.52 Å². The van der Waals surface area contributed by atoms with Crippen LogP contribution in [0, 0.1) is 0 Å². The normalized spacial score (nSPS) is 17.2. The Morgan fingerprint density at radius 3 is 2.79 bits per heavy atom. The van der Waals surface area contributed by atoms with Gasteiger partial charge in [0.15, 0.2) is 0 Å². The average Bonchev–Trinajstić information content (AvgIpc) is 2.67. The molecule has 2 heterocycles. The number of carbonyl (C=O) groups is 2. The average molecular weight is 266 g/mol. The van der Waals surface area contributed by atoms with E-state index in [9.17, 15) is 9.59 Å². The molecule has 0 aromatic carbocycles. The highest BCUT2D eigenvalue weighted by Crippen LogP contribution is 2.15. The zero-order valence-corrected chi connectivity index (χ0v) is 11.0. The minimum absolute atomic E-state index is 0.00710. The Morgan fingerprint density at radius 2 is 2.11 bits per heavy atom. The molecule has 1 aliphatic heterocycles. The first-order chi connectivity index (χ1) is 9.08. The summed E-state index contributed by atoms with van der Waals surface area (Å²) in [4.78, 5) is 26.3. The molecule has 0 radical (unpaired) electrons. The summed E-state index contributed by atoms with van der Waals surface area (Å²) < 4.78 is 4.97. The van der Waals surface area contributed by atoms with E-state index in [1.54, 1.807) is 13.0 Å². The van der Waals surface area contributed by atoms with Crippen molar-refractivity contribution in [2.24, 2.45) is 0 Å². The largest absolute Gasteiger partial charge is 0.475 e. The summed E-state index contributed by atoms with van der Waals surface area (Å²) in [5.41, 5.74) is 0.684. The number of amides is 1. The molecule has 1 aliphatic rings. The molecule has 19 heavy (non-hydrogen) atoms. The Hall–Kier alpha value is -1.82. The van der Waals surface area contributed by atoms with Crippen LogP contribution in [0.25, 0.3) is 0 Å². The number of carboxylic acid groups (broad SMARTS) is 1. The van der Waals surface area contributed by atoms with E-state index in [0.29, 0.717) is 18.7 Å². The molecule has 1 aromatic rings. The molecule has 0 saturated carbocycles. The molecule has 0 bridgehead atoms. The lowest BCUT2D eigenvalue weighted by molar-refractivity contribution is -0.128. The van der Waals surface area contributed by atoms with Crippen LogP contribution < -0.4 is 0 Å². The van der Waals surface area contributed by atoms with Crippen molar-refractivity contribution < 1.29 is 19.1 Å². The molecule has 1 saturated heterocycles. The first-order valence-corrected chi connectivity index (χ1v) is 6.35. The molecular weight excluding hydrogens is 248 g/mol. The van der Waals surface area contributed by atoms with Crippen molar-refractivity contribution in [1.29, 1.82) is 0 Å². The predicted molar refractivity (Wildman–Crippen MR) is 67.8 cm³/mol. The lowest BCUT2D eigenvalue weighted by Crippen LogP contribution is -2.33. The highest BCUT2D eigenvalue weighted by molar-refractivity contribution is 5.86. The van der Waals surface area contributed by atoms with Gasteiger partial charge >= 0.3 is 5.97 Å². The Morgan fingerprint density at radius 1 is 1.32 bits per heavy atom. The van der Waals surface area contributed by atoms with Crippen molar-refractivity contribution in [1.82, 2.24) is 9.80 Å². The van der Waals surface area contributed by atoms with Gasteiger partial charge in [-0.15, -0.1) is 0 Å². The molecule has 0 aliphatic carbocycles. The van der Waals surface area contributed by atoms with Crippen LogP contribution in [-0.4, -0.2) is 53.0 Å². The molecule has 1 N–H and O–H groups in total. The van der Waals surface area contributed by atoms with Crippen LogP contribution in [0.5, 0.6) is 0 Å². The molecule has 104 valence electrons. The summed E-state index contributed by atoms with van der Waals surface area (Å²) in [7, 11) is 0. The minimum Gasteiger partial charge on any atom is -0.475 e.